The van der Waals surface area contributed by atoms with E-state index >= 15 is 0 Å². The van der Waals surface area contributed by atoms with Crippen LogP contribution in [0, 0.1) is 0 Å². The molecule has 0 bridgehead atoms. The molecule has 128 valence electrons. The summed E-state index contributed by atoms with van der Waals surface area (Å²) in [6.07, 6.45) is 1.28. The van der Waals surface area contributed by atoms with Crippen molar-refractivity contribution in [3.63, 3.8) is 0 Å². The lowest BCUT2D eigenvalue weighted by atomic mass is 10.2. The number of para-hydroxylation sites is 2. The van der Waals surface area contributed by atoms with Crippen LogP contribution in [0.4, 0.5) is 0 Å². The van der Waals surface area contributed by atoms with Gasteiger partial charge in [0.2, 0.25) is 5.89 Å². The van der Waals surface area contributed by atoms with Gasteiger partial charge in [-0.2, -0.15) is 4.98 Å². The second-order valence-corrected chi connectivity index (χ2v) is 5.82. The van der Waals surface area contributed by atoms with Gasteiger partial charge in [0.15, 0.2) is 17.3 Å². The molecule has 1 N–H and O–H groups in total. The predicted octanol–water partition coefficient (Wildman–Crippen LogP) is 1.99. The molecule has 0 saturated carbocycles. The molecule has 7 nitrogen and oxygen atoms in total. The molecule has 4 rings (SSSR count). The Bertz CT molecular complexity index is 769. The highest BCUT2D eigenvalue weighted by atomic mass is 35.5. The standard InChI is InChI=1S/C16H19N5O2.ClH/c1-21-9-8-17-10-12(21)16-19-15(23-20-16)7-6-14-18-11-4-2-3-5-13(11)22-14;/h2-5,12,17H,6-10H2,1H3;1H. The molecule has 1 aromatic carbocycles. The molecule has 3 heterocycles. The van der Waals surface area contributed by atoms with Crippen molar-refractivity contribution in [1.82, 2.24) is 25.3 Å². The number of nitrogens with zero attached hydrogens (tertiary/aromatic N) is 4. The van der Waals surface area contributed by atoms with Crippen LogP contribution in [-0.4, -0.2) is 46.7 Å². The molecule has 1 fully saturated rings. The van der Waals surface area contributed by atoms with Crippen LogP contribution in [0.25, 0.3) is 11.1 Å². The zero-order chi connectivity index (χ0) is 15.6. The maximum atomic E-state index is 5.71. The number of hydrogen-bond acceptors (Lipinski definition) is 7. The summed E-state index contributed by atoms with van der Waals surface area (Å²) in [5, 5.41) is 7.48. The summed E-state index contributed by atoms with van der Waals surface area (Å²) in [4.78, 5) is 11.2. The van der Waals surface area contributed by atoms with Gasteiger partial charge >= 0.3 is 0 Å². The van der Waals surface area contributed by atoms with Gasteiger partial charge in [-0.25, -0.2) is 4.98 Å². The minimum atomic E-state index is 0. The zero-order valence-corrected chi connectivity index (χ0v) is 14.3. The highest BCUT2D eigenvalue weighted by Gasteiger charge is 2.25. The van der Waals surface area contributed by atoms with Crippen LogP contribution in [0.2, 0.25) is 0 Å². The molecule has 0 radical (unpaired) electrons. The van der Waals surface area contributed by atoms with E-state index in [1.165, 1.54) is 0 Å². The third-order valence-electron chi connectivity index (χ3n) is 4.18. The summed E-state index contributed by atoms with van der Waals surface area (Å²) < 4.78 is 11.1. The fourth-order valence-electron chi connectivity index (χ4n) is 2.84. The van der Waals surface area contributed by atoms with Gasteiger partial charge in [-0.1, -0.05) is 17.3 Å². The minimum absolute atomic E-state index is 0. The van der Waals surface area contributed by atoms with Crippen molar-refractivity contribution in [3.05, 3.63) is 41.9 Å². The molecule has 1 aliphatic heterocycles. The van der Waals surface area contributed by atoms with E-state index in [0.717, 1.165) is 36.6 Å². The lowest BCUT2D eigenvalue weighted by Crippen LogP contribution is -2.44. The van der Waals surface area contributed by atoms with Crippen molar-refractivity contribution in [3.8, 4) is 0 Å². The third-order valence-corrected chi connectivity index (χ3v) is 4.18. The molecule has 1 saturated heterocycles. The average Bonchev–Trinajstić information content (AvgIpc) is 3.19. The van der Waals surface area contributed by atoms with E-state index in [9.17, 15) is 0 Å². The number of piperazine rings is 1. The first kappa shape index (κ1) is 16.9. The van der Waals surface area contributed by atoms with Gasteiger partial charge in [0.25, 0.3) is 0 Å². The minimum Gasteiger partial charge on any atom is -0.441 e. The van der Waals surface area contributed by atoms with Crippen LogP contribution in [0.3, 0.4) is 0 Å². The van der Waals surface area contributed by atoms with Gasteiger partial charge in [0.1, 0.15) is 5.52 Å². The quantitative estimate of drug-likeness (QED) is 0.771. The zero-order valence-electron chi connectivity index (χ0n) is 13.4. The molecule has 2 aromatic heterocycles. The Labute approximate surface area is 145 Å². The Morgan fingerprint density at radius 2 is 2.04 bits per heavy atom. The van der Waals surface area contributed by atoms with Crippen molar-refractivity contribution >= 4 is 23.5 Å². The van der Waals surface area contributed by atoms with Gasteiger partial charge in [-0.05, 0) is 19.2 Å². The van der Waals surface area contributed by atoms with Crippen LogP contribution >= 0.6 is 12.4 Å². The van der Waals surface area contributed by atoms with Crippen LogP contribution in [0.1, 0.15) is 23.6 Å². The number of oxazole rings is 1. The van der Waals surface area contributed by atoms with Gasteiger partial charge in [-0.15, -0.1) is 12.4 Å². The number of fused-ring (bicyclic) bond motifs is 1. The number of benzene rings is 1. The highest BCUT2D eigenvalue weighted by Crippen LogP contribution is 2.19. The van der Waals surface area contributed by atoms with Crippen molar-refractivity contribution in [2.75, 3.05) is 26.7 Å². The molecule has 0 aliphatic carbocycles. The SMILES string of the molecule is CN1CCNCC1c1noc(CCc2nc3ccccc3o2)n1.Cl. The fourth-order valence-corrected chi connectivity index (χ4v) is 2.84. The normalized spacial score (nSPS) is 18.6. The number of nitrogens with one attached hydrogen (secondary N) is 1. The number of rotatable bonds is 4. The summed E-state index contributed by atoms with van der Waals surface area (Å²) in [7, 11) is 2.08. The maximum Gasteiger partial charge on any atom is 0.227 e. The molecule has 1 atom stereocenters. The molecule has 1 unspecified atom stereocenters. The fraction of sp³-hybridized carbons (Fsp3) is 0.438. The summed E-state index contributed by atoms with van der Waals surface area (Å²) in [5.74, 6) is 2.07. The first-order valence-electron chi connectivity index (χ1n) is 7.87. The van der Waals surface area contributed by atoms with Crippen molar-refractivity contribution < 1.29 is 8.94 Å². The van der Waals surface area contributed by atoms with Crippen LogP contribution in [-0.2, 0) is 12.8 Å². The van der Waals surface area contributed by atoms with E-state index in [1.807, 2.05) is 24.3 Å². The average molecular weight is 350 g/mol. The number of halogens is 1. The van der Waals surface area contributed by atoms with E-state index in [1.54, 1.807) is 0 Å². The maximum absolute atomic E-state index is 5.71. The highest BCUT2D eigenvalue weighted by molar-refractivity contribution is 5.85. The molecule has 8 heteroatoms. The van der Waals surface area contributed by atoms with E-state index < -0.39 is 0 Å². The Balaban J connectivity index is 0.00000169. The molecule has 3 aromatic rings. The van der Waals surface area contributed by atoms with Crippen LogP contribution < -0.4 is 5.32 Å². The second-order valence-electron chi connectivity index (χ2n) is 5.82. The van der Waals surface area contributed by atoms with E-state index in [0.29, 0.717) is 24.6 Å². The van der Waals surface area contributed by atoms with E-state index in [4.69, 9.17) is 8.94 Å². The topological polar surface area (TPSA) is 80.2 Å². The summed E-state index contributed by atoms with van der Waals surface area (Å²) in [6.45, 7) is 2.83. The molecule has 24 heavy (non-hydrogen) atoms. The lowest BCUT2D eigenvalue weighted by molar-refractivity contribution is 0.190. The Morgan fingerprint density at radius 1 is 1.21 bits per heavy atom. The number of aryl methyl sites for hydroxylation is 2. The molecular weight excluding hydrogens is 330 g/mol. The monoisotopic (exact) mass is 349 g/mol. The number of hydrogen-bond donors (Lipinski definition) is 1. The van der Waals surface area contributed by atoms with Gasteiger partial charge in [0.05, 0.1) is 6.04 Å². The molecule has 0 spiro atoms. The van der Waals surface area contributed by atoms with E-state index in [2.05, 4.69) is 32.4 Å². The molecular formula is C16H20ClN5O2. The summed E-state index contributed by atoms with van der Waals surface area (Å²) in [5.41, 5.74) is 1.69. The van der Waals surface area contributed by atoms with Crippen molar-refractivity contribution in [2.45, 2.75) is 18.9 Å². The Morgan fingerprint density at radius 3 is 2.88 bits per heavy atom. The third kappa shape index (κ3) is 3.43. The Kier molecular flexibility index (Phi) is 5.13. The number of likely N-dealkylation sites (N-methyl/N-ethyl adjacent to an activating group) is 1. The summed E-state index contributed by atoms with van der Waals surface area (Å²) in [6, 6.07) is 7.93. The van der Waals surface area contributed by atoms with Crippen molar-refractivity contribution in [1.29, 1.82) is 0 Å². The lowest BCUT2D eigenvalue weighted by Gasteiger charge is -2.30. The largest absolute Gasteiger partial charge is 0.441 e. The van der Waals surface area contributed by atoms with Gasteiger partial charge < -0.3 is 14.3 Å². The predicted molar refractivity (Wildman–Crippen MR) is 91.2 cm³/mol. The number of aromatic nitrogens is 3. The first-order valence-corrected chi connectivity index (χ1v) is 7.87. The van der Waals surface area contributed by atoms with Crippen LogP contribution in [0.5, 0.6) is 0 Å². The second kappa shape index (κ2) is 7.29. The van der Waals surface area contributed by atoms with Gasteiger partial charge in [-0.3, -0.25) is 4.90 Å². The van der Waals surface area contributed by atoms with Crippen LogP contribution in [0.15, 0.2) is 33.2 Å². The summed E-state index contributed by atoms with van der Waals surface area (Å²) >= 11 is 0. The van der Waals surface area contributed by atoms with Gasteiger partial charge in [0, 0.05) is 32.5 Å². The molecule has 1 aliphatic rings. The molecule has 0 amide bonds. The van der Waals surface area contributed by atoms with E-state index in [-0.39, 0.29) is 18.4 Å². The first-order chi connectivity index (χ1) is 11.3. The Hall–Kier alpha value is -1.96. The van der Waals surface area contributed by atoms with Crippen molar-refractivity contribution in [2.24, 2.45) is 0 Å². The smallest absolute Gasteiger partial charge is 0.227 e.